The lowest BCUT2D eigenvalue weighted by Crippen LogP contribution is -2.03. The Labute approximate surface area is 327 Å². The van der Waals surface area contributed by atoms with Crippen molar-refractivity contribution in [2.45, 2.75) is 0 Å². The van der Waals surface area contributed by atoms with Crippen LogP contribution in [0.1, 0.15) is 0 Å². The van der Waals surface area contributed by atoms with Gasteiger partial charge in [0.05, 0.1) is 5.52 Å². The third-order valence-corrected chi connectivity index (χ3v) is 11.1. The highest BCUT2D eigenvalue weighted by atomic mass is 14.7. The van der Waals surface area contributed by atoms with Crippen LogP contribution in [0.3, 0.4) is 0 Å². The Bertz CT molecular complexity index is 3000. The van der Waals surface area contributed by atoms with Crippen LogP contribution in [-0.4, -0.2) is 4.98 Å². The highest BCUT2D eigenvalue weighted by Crippen LogP contribution is 2.54. The van der Waals surface area contributed by atoms with Gasteiger partial charge in [-0.1, -0.05) is 200 Å². The number of para-hydroxylation sites is 1. The topological polar surface area (TPSA) is 41.8 Å². The summed E-state index contributed by atoms with van der Waals surface area (Å²) < 4.78 is 0. The summed E-state index contributed by atoms with van der Waals surface area (Å²) in [7, 11) is 0. The molecule has 10 aromatic rings. The van der Waals surface area contributed by atoms with Crippen LogP contribution in [0.15, 0.2) is 212 Å². The first kappa shape index (κ1) is 33.2. The largest absolute Gasteiger partial charge is 0.398 e. The van der Waals surface area contributed by atoms with Crippen molar-refractivity contribution >= 4 is 27.5 Å². The maximum atomic E-state index is 7.79. The molecule has 0 saturated carbocycles. The molecule has 0 spiro atoms. The van der Waals surface area contributed by atoms with Gasteiger partial charge in [0.15, 0.2) is 0 Å². The first-order chi connectivity index (χ1) is 27.7. The molecule has 0 aliphatic rings. The number of H-pyrrole nitrogens is 1. The van der Waals surface area contributed by atoms with Gasteiger partial charge in [-0.2, -0.15) is 0 Å². The minimum absolute atomic E-state index is 0.735. The Hall–Kier alpha value is -7.42. The van der Waals surface area contributed by atoms with E-state index in [0.29, 0.717) is 0 Å². The third kappa shape index (κ3) is 5.68. The first-order valence-electron chi connectivity index (χ1n) is 19.2. The molecule has 3 N–H and O–H groups in total. The van der Waals surface area contributed by atoms with E-state index >= 15 is 0 Å². The third-order valence-electron chi connectivity index (χ3n) is 11.1. The van der Waals surface area contributed by atoms with Crippen molar-refractivity contribution in [3.05, 3.63) is 212 Å². The van der Waals surface area contributed by atoms with Crippen LogP contribution in [0.5, 0.6) is 0 Å². The fraction of sp³-hybridized carbons (Fsp3) is 0. The second kappa shape index (κ2) is 14.1. The van der Waals surface area contributed by atoms with Crippen molar-refractivity contribution in [2.75, 3.05) is 5.73 Å². The molecule has 0 fully saturated rings. The van der Waals surface area contributed by atoms with Crippen molar-refractivity contribution in [3.63, 3.8) is 0 Å². The molecule has 264 valence electrons. The van der Waals surface area contributed by atoms with E-state index in [4.69, 9.17) is 5.73 Å². The summed E-state index contributed by atoms with van der Waals surface area (Å²) in [5, 5.41) is 2.34. The molecule has 2 nitrogen and oxygen atoms in total. The molecule has 0 amide bonds. The van der Waals surface area contributed by atoms with Crippen LogP contribution in [0.4, 0.5) is 5.69 Å². The Balaban J connectivity index is 1.45. The average Bonchev–Trinajstić information content (AvgIpc) is 3.66. The number of nitrogens with two attached hydrogens (primary N) is 1. The first-order valence-corrected chi connectivity index (χ1v) is 19.2. The van der Waals surface area contributed by atoms with Crippen LogP contribution in [0.2, 0.25) is 0 Å². The molecule has 9 aromatic carbocycles. The van der Waals surface area contributed by atoms with Gasteiger partial charge in [0, 0.05) is 44.2 Å². The number of hydrogen-bond acceptors (Lipinski definition) is 1. The molecule has 0 bridgehead atoms. The van der Waals surface area contributed by atoms with Gasteiger partial charge < -0.3 is 10.7 Å². The van der Waals surface area contributed by atoms with Gasteiger partial charge >= 0.3 is 0 Å². The zero-order valence-electron chi connectivity index (χ0n) is 30.8. The minimum Gasteiger partial charge on any atom is -0.398 e. The average molecular weight is 715 g/mol. The SMILES string of the molecule is Nc1c(-c2ccccc2)cc(-c2ccccc2-c2ccccc2)c(-c2ccccc2-c2ccccc2)c1-c1c(-c2ccccc2)ccc2c1[nH]c1ccccc12. The van der Waals surface area contributed by atoms with Crippen LogP contribution < -0.4 is 5.73 Å². The number of aromatic amines is 1. The number of nitrogens with one attached hydrogen (secondary N) is 1. The maximum Gasteiger partial charge on any atom is 0.0551 e. The normalized spacial score (nSPS) is 11.3. The number of fused-ring (bicyclic) bond motifs is 3. The number of benzene rings is 9. The van der Waals surface area contributed by atoms with Crippen molar-refractivity contribution in [1.29, 1.82) is 0 Å². The molecule has 1 aromatic heterocycles. The highest BCUT2D eigenvalue weighted by molar-refractivity contribution is 6.20. The van der Waals surface area contributed by atoms with Crippen LogP contribution in [0, 0.1) is 0 Å². The Kier molecular flexibility index (Phi) is 8.35. The number of aromatic nitrogens is 1. The van der Waals surface area contributed by atoms with Crippen molar-refractivity contribution in [2.24, 2.45) is 0 Å². The number of hydrogen-bond donors (Lipinski definition) is 2. The van der Waals surface area contributed by atoms with E-state index in [0.717, 1.165) is 100.0 Å². The van der Waals surface area contributed by atoms with Gasteiger partial charge in [0.25, 0.3) is 0 Å². The van der Waals surface area contributed by atoms with Crippen LogP contribution in [0.25, 0.3) is 99.7 Å². The lowest BCUT2D eigenvalue weighted by molar-refractivity contribution is 1.51. The van der Waals surface area contributed by atoms with E-state index < -0.39 is 0 Å². The summed E-state index contributed by atoms with van der Waals surface area (Å²) in [5.74, 6) is 0. The number of nitrogen functional groups attached to an aromatic ring is 1. The molecular formula is C54H38N2. The van der Waals surface area contributed by atoms with Crippen molar-refractivity contribution in [1.82, 2.24) is 4.98 Å². The quantitative estimate of drug-likeness (QED) is 0.159. The molecular weight excluding hydrogens is 677 g/mol. The predicted molar refractivity (Wildman–Crippen MR) is 238 cm³/mol. The fourth-order valence-electron chi connectivity index (χ4n) is 8.50. The lowest BCUT2D eigenvalue weighted by Gasteiger charge is -2.26. The van der Waals surface area contributed by atoms with E-state index in [1.54, 1.807) is 0 Å². The van der Waals surface area contributed by atoms with Gasteiger partial charge in [-0.3, -0.25) is 0 Å². The molecule has 0 atom stereocenters. The molecule has 1 heterocycles. The van der Waals surface area contributed by atoms with Gasteiger partial charge in [-0.15, -0.1) is 0 Å². The van der Waals surface area contributed by atoms with E-state index in [9.17, 15) is 0 Å². The number of rotatable bonds is 7. The molecule has 56 heavy (non-hydrogen) atoms. The lowest BCUT2D eigenvalue weighted by atomic mass is 9.78. The molecule has 0 saturated heterocycles. The fourth-order valence-corrected chi connectivity index (χ4v) is 8.50. The summed E-state index contributed by atoms with van der Waals surface area (Å²) in [5.41, 5.74) is 26.1. The van der Waals surface area contributed by atoms with Gasteiger partial charge in [-0.25, -0.2) is 0 Å². The smallest absolute Gasteiger partial charge is 0.0551 e. The molecule has 0 unspecified atom stereocenters. The van der Waals surface area contributed by atoms with Crippen LogP contribution >= 0.6 is 0 Å². The van der Waals surface area contributed by atoms with Crippen molar-refractivity contribution < 1.29 is 0 Å². The summed E-state index contributed by atoms with van der Waals surface area (Å²) in [6.07, 6.45) is 0. The van der Waals surface area contributed by atoms with Gasteiger partial charge in [0.1, 0.15) is 0 Å². The van der Waals surface area contributed by atoms with Gasteiger partial charge in [0.2, 0.25) is 0 Å². The van der Waals surface area contributed by atoms with E-state index in [1.165, 1.54) is 5.39 Å². The number of anilines is 1. The predicted octanol–water partition coefficient (Wildman–Crippen LogP) is 14.6. The van der Waals surface area contributed by atoms with Crippen LogP contribution in [-0.2, 0) is 0 Å². The van der Waals surface area contributed by atoms with E-state index in [2.05, 4.69) is 217 Å². The molecule has 0 radical (unpaired) electrons. The zero-order chi connectivity index (χ0) is 37.4. The zero-order valence-corrected chi connectivity index (χ0v) is 30.8. The molecule has 0 aliphatic carbocycles. The summed E-state index contributed by atoms with van der Waals surface area (Å²) in [6.45, 7) is 0. The second-order valence-corrected chi connectivity index (χ2v) is 14.3. The summed E-state index contributed by atoms with van der Waals surface area (Å²) >= 11 is 0. The van der Waals surface area contributed by atoms with E-state index in [1.807, 2.05) is 0 Å². The molecule has 10 rings (SSSR count). The maximum absolute atomic E-state index is 7.79. The van der Waals surface area contributed by atoms with E-state index in [-0.39, 0.29) is 0 Å². The Morgan fingerprint density at radius 3 is 1.32 bits per heavy atom. The summed E-state index contributed by atoms with van der Waals surface area (Å²) in [6, 6.07) is 75.8. The highest BCUT2D eigenvalue weighted by Gasteiger charge is 2.28. The Morgan fingerprint density at radius 1 is 0.286 bits per heavy atom. The molecule has 2 heteroatoms. The van der Waals surface area contributed by atoms with Crippen molar-refractivity contribution in [3.8, 4) is 77.9 Å². The second-order valence-electron chi connectivity index (χ2n) is 14.3. The minimum atomic E-state index is 0.735. The molecule has 0 aliphatic heterocycles. The van der Waals surface area contributed by atoms with Gasteiger partial charge in [-0.05, 0) is 67.8 Å². The Morgan fingerprint density at radius 2 is 0.732 bits per heavy atom. The monoisotopic (exact) mass is 714 g/mol. The summed E-state index contributed by atoms with van der Waals surface area (Å²) in [4.78, 5) is 3.91. The standard InChI is InChI=1S/C54H38N2/c55-53-47(39-25-11-4-12-26-39)35-48(43-29-15-13-27-40(43)36-19-5-1-6-20-36)50(45-31-16-14-28-41(45)37-21-7-2-8-22-37)52(53)51-42(38-23-9-3-10-24-38)33-34-46-44-30-17-18-32-49(44)56-54(46)51/h1-35,56H,55H2.